The number of hydrogen-bond donors (Lipinski definition) is 2. The summed E-state index contributed by atoms with van der Waals surface area (Å²) < 4.78 is 0. The van der Waals surface area contributed by atoms with Crippen molar-refractivity contribution < 1.29 is 10.5 Å². The quantitative estimate of drug-likeness (QED) is 0.508. The molecule has 0 atom stereocenters. The predicted octanol–water partition coefficient (Wildman–Crippen LogP) is 6.25. The summed E-state index contributed by atoms with van der Waals surface area (Å²) in [5.41, 5.74) is 5.52. The van der Waals surface area contributed by atoms with Gasteiger partial charge in [-0.25, -0.2) is 0 Å². The lowest BCUT2D eigenvalue weighted by molar-refractivity contribution is -0.176. The van der Waals surface area contributed by atoms with Crippen LogP contribution in [0.25, 0.3) is 0 Å². The van der Waals surface area contributed by atoms with E-state index in [0.29, 0.717) is 11.8 Å². The molecule has 0 spiro atoms. The van der Waals surface area contributed by atoms with Crippen molar-refractivity contribution in [3.05, 3.63) is 70.8 Å². The molecule has 0 unspecified atom stereocenters. The van der Waals surface area contributed by atoms with Crippen LogP contribution >= 0.6 is 0 Å². The molecule has 0 aliphatic rings. The summed E-state index contributed by atoms with van der Waals surface area (Å²) in [6.07, 6.45) is 0. The molecule has 0 aliphatic carbocycles. The maximum atomic E-state index is 6.00. The Hall–Kier alpha value is -1.64. The molecule has 2 N–H and O–H groups in total. The monoisotopic (exact) mass is 302 g/mol. The molecule has 0 fully saturated rings. The van der Waals surface area contributed by atoms with Crippen molar-refractivity contribution in [3.63, 3.8) is 0 Å². The molecule has 2 aromatic rings. The molecule has 22 heavy (non-hydrogen) atoms. The van der Waals surface area contributed by atoms with Gasteiger partial charge in [0.2, 0.25) is 0 Å². The Kier molecular flexibility index (Phi) is 10.2. The fourth-order valence-electron chi connectivity index (χ4n) is 1.90. The Morgan fingerprint density at radius 3 is 0.955 bits per heavy atom. The molecule has 122 valence electrons. The molecular formula is C20H30O2. The van der Waals surface area contributed by atoms with Gasteiger partial charge in [0.15, 0.2) is 0 Å². The SMILES string of the molecule is Cc1ccc(C(C)C)cc1.Cc1ccc(C(C)C)cc1.OO. The van der Waals surface area contributed by atoms with E-state index in [9.17, 15) is 0 Å². The van der Waals surface area contributed by atoms with Crippen molar-refractivity contribution in [2.24, 2.45) is 0 Å². The molecule has 0 heterocycles. The summed E-state index contributed by atoms with van der Waals surface area (Å²) in [6.45, 7) is 13.1. The zero-order valence-corrected chi connectivity index (χ0v) is 14.7. The van der Waals surface area contributed by atoms with Crippen molar-refractivity contribution >= 4 is 0 Å². The second kappa shape index (κ2) is 11.0. The van der Waals surface area contributed by atoms with Crippen molar-refractivity contribution in [3.8, 4) is 0 Å². The van der Waals surface area contributed by atoms with Gasteiger partial charge in [-0.1, -0.05) is 87.4 Å². The summed E-state index contributed by atoms with van der Waals surface area (Å²) in [7, 11) is 0. The molecule has 2 rings (SSSR count). The highest BCUT2D eigenvalue weighted by Gasteiger charge is 1.96. The van der Waals surface area contributed by atoms with Gasteiger partial charge < -0.3 is 0 Å². The van der Waals surface area contributed by atoms with E-state index >= 15 is 0 Å². The fraction of sp³-hybridized carbons (Fsp3) is 0.400. The van der Waals surface area contributed by atoms with Crippen LogP contribution in [0.4, 0.5) is 0 Å². The van der Waals surface area contributed by atoms with Crippen LogP contribution in [0, 0.1) is 13.8 Å². The molecule has 0 bridgehead atoms. The van der Waals surface area contributed by atoms with Crippen LogP contribution in [-0.2, 0) is 0 Å². The van der Waals surface area contributed by atoms with E-state index in [4.69, 9.17) is 10.5 Å². The maximum Gasteiger partial charge on any atom is -0.0219 e. The van der Waals surface area contributed by atoms with Gasteiger partial charge in [0.1, 0.15) is 0 Å². The highest BCUT2D eigenvalue weighted by Crippen LogP contribution is 2.14. The van der Waals surface area contributed by atoms with Gasteiger partial charge in [-0.2, -0.15) is 0 Å². The highest BCUT2D eigenvalue weighted by molar-refractivity contribution is 5.24. The van der Waals surface area contributed by atoms with E-state index in [1.165, 1.54) is 22.3 Å². The fourth-order valence-corrected chi connectivity index (χ4v) is 1.90. The zero-order chi connectivity index (χ0) is 17.1. The number of benzene rings is 2. The Labute approximate surface area is 135 Å². The van der Waals surface area contributed by atoms with Crippen molar-refractivity contribution in [2.45, 2.75) is 53.4 Å². The third kappa shape index (κ3) is 7.96. The molecule has 0 aromatic heterocycles. The lowest BCUT2D eigenvalue weighted by atomic mass is 10.0. The average Bonchev–Trinajstić information content (AvgIpc) is 2.51. The normalized spacial score (nSPS) is 9.73. The summed E-state index contributed by atoms with van der Waals surface area (Å²) in [5, 5.41) is 12.0. The number of hydrogen-bond acceptors (Lipinski definition) is 2. The van der Waals surface area contributed by atoms with Gasteiger partial charge in [0.25, 0.3) is 0 Å². The zero-order valence-electron chi connectivity index (χ0n) is 14.7. The van der Waals surface area contributed by atoms with E-state index in [0.717, 1.165) is 0 Å². The Bertz CT molecular complexity index is 447. The first-order valence-corrected chi connectivity index (χ1v) is 7.73. The van der Waals surface area contributed by atoms with Gasteiger partial charge >= 0.3 is 0 Å². The minimum atomic E-state index is 0.653. The Morgan fingerprint density at radius 1 is 0.545 bits per heavy atom. The summed E-state index contributed by atoms with van der Waals surface area (Å²) >= 11 is 0. The van der Waals surface area contributed by atoms with E-state index < -0.39 is 0 Å². The minimum absolute atomic E-state index is 0.653. The molecule has 0 saturated carbocycles. The van der Waals surface area contributed by atoms with Crippen LogP contribution < -0.4 is 0 Å². The number of rotatable bonds is 2. The summed E-state index contributed by atoms with van der Waals surface area (Å²) in [5.74, 6) is 1.31. The third-order valence-electron chi connectivity index (χ3n) is 3.49. The average molecular weight is 302 g/mol. The molecule has 2 heteroatoms. The lowest BCUT2D eigenvalue weighted by Gasteiger charge is -2.03. The summed E-state index contributed by atoms with van der Waals surface area (Å²) in [6, 6.07) is 17.4. The van der Waals surface area contributed by atoms with Gasteiger partial charge in [0, 0.05) is 0 Å². The van der Waals surface area contributed by atoms with E-state index in [1.807, 2.05) is 0 Å². The first-order chi connectivity index (χ1) is 10.4. The highest BCUT2D eigenvalue weighted by atomic mass is 17.0. The minimum Gasteiger partial charge on any atom is -0.255 e. The van der Waals surface area contributed by atoms with Gasteiger partial charge in [0.05, 0.1) is 0 Å². The third-order valence-corrected chi connectivity index (χ3v) is 3.49. The molecular weight excluding hydrogens is 272 g/mol. The Morgan fingerprint density at radius 2 is 0.773 bits per heavy atom. The standard InChI is InChI=1S/2C10H14.H2O2/c2*1-8(2)10-6-4-9(3)5-7-10;1-2/h2*4-8H,1-3H3;1-2H. The van der Waals surface area contributed by atoms with E-state index in [2.05, 4.69) is 90.1 Å². The molecule has 2 aromatic carbocycles. The summed E-state index contributed by atoms with van der Waals surface area (Å²) in [4.78, 5) is 0. The van der Waals surface area contributed by atoms with Crippen LogP contribution in [0.3, 0.4) is 0 Å². The molecule has 0 saturated heterocycles. The van der Waals surface area contributed by atoms with Crippen molar-refractivity contribution in [1.82, 2.24) is 0 Å². The van der Waals surface area contributed by atoms with Crippen LogP contribution in [0.5, 0.6) is 0 Å². The van der Waals surface area contributed by atoms with Crippen LogP contribution in [-0.4, -0.2) is 10.5 Å². The second-order valence-electron chi connectivity index (χ2n) is 6.13. The Balaban J connectivity index is 0.000000360. The first kappa shape index (κ1) is 20.4. The van der Waals surface area contributed by atoms with Gasteiger partial charge in [-0.3, -0.25) is 10.5 Å². The van der Waals surface area contributed by atoms with Crippen LogP contribution in [0.2, 0.25) is 0 Å². The molecule has 0 amide bonds. The van der Waals surface area contributed by atoms with Gasteiger partial charge in [-0.15, -0.1) is 0 Å². The molecule has 0 aliphatic heterocycles. The van der Waals surface area contributed by atoms with Crippen LogP contribution in [0.15, 0.2) is 48.5 Å². The predicted molar refractivity (Wildman–Crippen MR) is 95.8 cm³/mol. The lowest BCUT2D eigenvalue weighted by Crippen LogP contribution is -1.85. The maximum absolute atomic E-state index is 6.00. The van der Waals surface area contributed by atoms with Crippen molar-refractivity contribution in [1.29, 1.82) is 0 Å². The second-order valence-corrected chi connectivity index (χ2v) is 6.13. The largest absolute Gasteiger partial charge is 0.255 e. The number of aryl methyl sites for hydroxylation is 2. The van der Waals surface area contributed by atoms with Crippen molar-refractivity contribution in [2.75, 3.05) is 0 Å². The first-order valence-electron chi connectivity index (χ1n) is 7.73. The van der Waals surface area contributed by atoms with Gasteiger partial charge in [-0.05, 0) is 36.8 Å². The molecule has 2 nitrogen and oxygen atoms in total. The van der Waals surface area contributed by atoms with Crippen LogP contribution in [0.1, 0.15) is 61.8 Å². The molecule has 0 radical (unpaired) electrons. The van der Waals surface area contributed by atoms with E-state index in [-0.39, 0.29) is 0 Å². The topological polar surface area (TPSA) is 40.5 Å². The van der Waals surface area contributed by atoms with E-state index in [1.54, 1.807) is 0 Å². The smallest absolute Gasteiger partial charge is 0.0219 e.